The van der Waals surface area contributed by atoms with Gasteiger partial charge in [-0.15, -0.1) is 0 Å². The van der Waals surface area contributed by atoms with E-state index >= 15 is 0 Å². The second-order valence-corrected chi connectivity index (χ2v) is 21.3. The van der Waals surface area contributed by atoms with Crippen LogP contribution < -0.4 is 10.2 Å². The van der Waals surface area contributed by atoms with Crippen LogP contribution in [-0.2, 0) is 18.4 Å². The Morgan fingerprint density at radius 2 is 0.838 bits per heavy atom. The number of nitrogens with zero attached hydrogens (tertiary/aromatic N) is 1. The number of aliphatic hydroxyl groups excluding tert-OH is 1. The molecule has 0 saturated heterocycles. The number of nitrogens with one attached hydrogen (secondary N) is 1. The molecule has 0 rings (SSSR count). The molecule has 0 aliphatic rings. The van der Waals surface area contributed by atoms with E-state index < -0.39 is 26.6 Å². The largest absolute Gasteiger partial charge is 0.756 e. The van der Waals surface area contributed by atoms with Crippen molar-refractivity contribution in [2.75, 3.05) is 40.9 Å². The number of allylic oxidation sites excluding steroid dienone is 25. The van der Waals surface area contributed by atoms with Crippen molar-refractivity contribution in [1.82, 2.24) is 5.32 Å². The fraction of sp³-hybridized carbons (Fsp3) is 0.585. The number of carbonyl (C=O) groups is 1. The molecule has 0 aliphatic heterocycles. The molecule has 0 aromatic rings. The quantitative estimate of drug-likeness (QED) is 0.0272. The highest BCUT2D eigenvalue weighted by Crippen LogP contribution is 2.38. The first-order valence-corrected chi connectivity index (χ1v) is 30.3. The molecule has 0 saturated carbocycles. The van der Waals surface area contributed by atoms with Crippen LogP contribution in [0.3, 0.4) is 0 Å². The Bertz CT molecular complexity index is 1750. The summed E-state index contributed by atoms with van der Waals surface area (Å²) in [6.45, 7) is 4.39. The molecule has 3 unspecified atom stereocenters. The molecule has 0 fully saturated rings. The van der Waals surface area contributed by atoms with E-state index in [-0.39, 0.29) is 12.5 Å². The van der Waals surface area contributed by atoms with Crippen LogP contribution in [0.15, 0.2) is 158 Å². The topological polar surface area (TPSA) is 108 Å². The first-order chi connectivity index (χ1) is 36.0. The zero-order valence-electron chi connectivity index (χ0n) is 47.5. The second kappa shape index (κ2) is 53.9. The highest BCUT2D eigenvalue weighted by atomic mass is 31.2. The van der Waals surface area contributed by atoms with Gasteiger partial charge in [-0.2, -0.15) is 0 Å². The van der Waals surface area contributed by atoms with Gasteiger partial charge in [0.25, 0.3) is 7.82 Å². The lowest BCUT2D eigenvalue weighted by Gasteiger charge is -2.29. The van der Waals surface area contributed by atoms with Crippen LogP contribution in [0.5, 0.6) is 0 Å². The minimum Gasteiger partial charge on any atom is -0.756 e. The average Bonchev–Trinajstić information content (AvgIpc) is 3.36. The van der Waals surface area contributed by atoms with E-state index in [0.717, 1.165) is 135 Å². The minimum atomic E-state index is -4.61. The third-order valence-corrected chi connectivity index (χ3v) is 12.6. The number of aliphatic hydroxyl groups is 1. The lowest BCUT2D eigenvalue weighted by Crippen LogP contribution is -2.45. The maximum atomic E-state index is 12.9. The Morgan fingerprint density at radius 1 is 0.486 bits per heavy atom. The molecular formula is C65H107N2O6P. The summed E-state index contributed by atoms with van der Waals surface area (Å²) >= 11 is 0. The van der Waals surface area contributed by atoms with Crippen LogP contribution in [0.2, 0.25) is 0 Å². The van der Waals surface area contributed by atoms with Crippen molar-refractivity contribution >= 4 is 13.7 Å². The fourth-order valence-electron chi connectivity index (χ4n) is 7.22. The molecule has 0 aliphatic carbocycles. The first-order valence-electron chi connectivity index (χ1n) is 28.8. The highest BCUT2D eigenvalue weighted by molar-refractivity contribution is 7.45. The average molecular weight is 1040 g/mol. The third-order valence-electron chi connectivity index (χ3n) is 11.7. The van der Waals surface area contributed by atoms with Gasteiger partial charge >= 0.3 is 0 Å². The van der Waals surface area contributed by atoms with Gasteiger partial charge in [-0.05, 0) is 116 Å². The Kier molecular flexibility index (Phi) is 51.1. The summed E-state index contributed by atoms with van der Waals surface area (Å²) in [6.07, 6.45) is 84.8. The molecule has 0 heterocycles. The highest BCUT2D eigenvalue weighted by Gasteiger charge is 2.23. The van der Waals surface area contributed by atoms with Gasteiger partial charge in [0.1, 0.15) is 13.2 Å². The molecule has 0 radical (unpaired) electrons. The van der Waals surface area contributed by atoms with Crippen LogP contribution in [0.4, 0.5) is 0 Å². The molecule has 0 bridgehead atoms. The molecule has 0 spiro atoms. The number of amides is 1. The summed E-state index contributed by atoms with van der Waals surface area (Å²) < 4.78 is 23.2. The molecule has 418 valence electrons. The van der Waals surface area contributed by atoms with Gasteiger partial charge < -0.3 is 28.8 Å². The Balaban J connectivity index is 4.08. The Labute approximate surface area is 454 Å². The van der Waals surface area contributed by atoms with Crippen molar-refractivity contribution in [3.8, 4) is 0 Å². The van der Waals surface area contributed by atoms with Gasteiger partial charge in [0.05, 0.1) is 39.9 Å². The van der Waals surface area contributed by atoms with E-state index in [4.69, 9.17) is 9.05 Å². The lowest BCUT2D eigenvalue weighted by atomic mass is 10.0. The predicted molar refractivity (Wildman–Crippen MR) is 320 cm³/mol. The van der Waals surface area contributed by atoms with Gasteiger partial charge in [0, 0.05) is 6.42 Å². The third kappa shape index (κ3) is 55.9. The van der Waals surface area contributed by atoms with Gasteiger partial charge in [-0.25, -0.2) is 0 Å². The number of hydrogen-bond donors (Lipinski definition) is 2. The van der Waals surface area contributed by atoms with Gasteiger partial charge in [0.15, 0.2) is 0 Å². The zero-order valence-corrected chi connectivity index (χ0v) is 48.4. The van der Waals surface area contributed by atoms with Crippen molar-refractivity contribution < 1.29 is 32.9 Å². The predicted octanol–water partition coefficient (Wildman–Crippen LogP) is 17.2. The second-order valence-electron chi connectivity index (χ2n) is 19.9. The number of phosphoric acid groups is 1. The van der Waals surface area contributed by atoms with E-state index in [9.17, 15) is 19.4 Å². The maximum absolute atomic E-state index is 12.9. The zero-order chi connectivity index (χ0) is 54.2. The summed E-state index contributed by atoms with van der Waals surface area (Å²) in [6, 6.07) is -0.921. The van der Waals surface area contributed by atoms with Crippen LogP contribution in [-0.4, -0.2) is 68.5 Å². The lowest BCUT2D eigenvalue weighted by molar-refractivity contribution is -0.870. The summed E-state index contributed by atoms with van der Waals surface area (Å²) in [5.41, 5.74) is 0. The molecule has 0 aromatic heterocycles. The normalized spacial score (nSPS) is 15.1. The van der Waals surface area contributed by atoms with E-state index in [0.29, 0.717) is 17.4 Å². The van der Waals surface area contributed by atoms with Gasteiger partial charge in [-0.3, -0.25) is 9.36 Å². The number of phosphoric ester groups is 1. The van der Waals surface area contributed by atoms with E-state index in [1.807, 2.05) is 27.2 Å². The monoisotopic (exact) mass is 1040 g/mol. The number of rotatable bonds is 50. The van der Waals surface area contributed by atoms with E-state index in [2.05, 4.69) is 165 Å². The molecule has 0 aromatic carbocycles. The molecule has 74 heavy (non-hydrogen) atoms. The number of unbranched alkanes of at least 4 members (excludes halogenated alkanes) is 13. The van der Waals surface area contributed by atoms with Crippen LogP contribution >= 0.6 is 7.82 Å². The van der Waals surface area contributed by atoms with Crippen molar-refractivity contribution in [3.05, 3.63) is 158 Å². The van der Waals surface area contributed by atoms with Crippen molar-refractivity contribution in [2.45, 2.75) is 206 Å². The first kappa shape index (κ1) is 70.1. The smallest absolute Gasteiger partial charge is 0.268 e. The van der Waals surface area contributed by atoms with Crippen LogP contribution in [0, 0.1) is 0 Å². The summed E-state index contributed by atoms with van der Waals surface area (Å²) in [5.74, 6) is -0.226. The standard InChI is InChI=1S/C65H107N2O6P/c1-6-8-10-12-14-16-18-19-20-21-22-23-24-25-26-27-28-29-30-31-32-33-34-35-36-37-38-39-40-41-42-43-44-45-46-47-49-51-53-55-57-59-65(69)66-63(62-73-74(70,71)72-61-60-67(3,4)5)64(68)58-56-54-52-50-48-17-15-13-11-9-7-2/h8,10-11,13-14,16,19-20,22-23,25-26,28-29,31-32,34-35,37-38,40-41,48,50,56,58,63-64,68H,6-7,9,12,15,17-18,21,24,27,30,33,36,39,42-47,49,51-55,57,59-62H2,1-5H3,(H-,66,69,70,71)/b10-8-,13-11+,16-14-,20-19-,23-22-,26-25-,29-28-,32-31-,35-34-,38-37-,41-40-,50-48+,58-56+. The number of likely N-dealkylation sites (N-methyl/N-ethyl adjacent to an activating group) is 1. The minimum absolute atomic E-state index is 0.0178. The number of hydrogen-bond acceptors (Lipinski definition) is 6. The summed E-state index contributed by atoms with van der Waals surface area (Å²) in [4.78, 5) is 25.4. The molecule has 8 nitrogen and oxygen atoms in total. The molecule has 3 atom stereocenters. The fourth-order valence-corrected chi connectivity index (χ4v) is 7.94. The molecule has 2 N–H and O–H groups in total. The van der Waals surface area contributed by atoms with Gasteiger partial charge in [0.2, 0.25) is 5.91 Å². The molecule has 1 amide bonds. The molecular weight excluding hydrogens is 936 g/mol. The van der Waals surface area contributed by atoms with Crippen molar-refractivity contribution in [2.24, 2.45) is 0 Å². The summed E-state index contributed by atoms with van der Waals surface area (Å²) in [7, 11) is 1.21. The SMILES string of the molecule is CC/C=C\C/C=C\C/C=C\C/C=C\C/C=C\C/C=C\C/C=C\C/C=C\C/C=C\C/C=C\CCCCCCCCCCCCC(=O)NC(COP(=O)([O-])OCC[N+](C)(C)C)C(O)/C=C/CC/C=C/CC/C=C/CCC. The summed E-state index contributed by atoms with van der Waals surface area (Å²) in [5, 5.41) is 13.8. The van der Waals surface area contributed by atoms with Gasteiger partial charge in [-0.1, -0.05) is 230 Å². The van der Waals surface area contributed by atoms with E-state index in [1.54, 1.807) is 6.08 Å². The van der Waals surface area contributed by atoms with Crippen LogP contribution in [0.25, 0.3) is 0 Å². The van der Waals surface area contributed by atoms with Crippen LogP contribution in [0.1, 0.15) is 194 Å². The number of quaternary nitrogens is 1. The number of carbonyl (C=O) groups excluding carboxylic acids is 1. The maximum Gasteiger partial charge on any atom is 0.268 e. The van der Waals surface area contributed by atoms with E-state index in [1.165, 1.54) is 38.5 Å². The molecule has 9 heteroatoms. The Morgan fingerprint density at radius 3 is 1.24 bits per heavy atom. The van der Waals surface area contributed by atoms with Crippen molar-refractivity contribution in [1.29, 1.82) is 0 Å². The van der Waals surface area contributed by atoms with Crippen molar-refractivity contribution in [3.63, 3.8) is 0 Å². The Hall–Kier alpha value is -3.88.